The highest BCUT2D eigenvalue weighted by molar-refractivity contribution is 7.98. The van der Waals surface area contributed by atoms with Gasteiger partial charge in [0.15, 0.2) is 14.6 Å². The van der Waals surface area contributed by atoms with Gasteiger partial charge < -0.3 is 4.57 Å². The van der Waals surface area contributed by atoms with E-state index in [1.165, 1.54) is 28.4 Å². The molecule has 3 aromatic rings. The van der Waals surface area contributed by atoms with E-state index in [1.807, 2.05) is 17.7 Å². The van der Waals surface area contributed by atoms with Gasteiger partial charge in [-0.1, -0.05) is 23.5 Å². The van der Waals surface area contributed by atoms with E-state index in [4.69, 9.17) is 0 Å². The maximum Gasteiger partial charge on any atom is 0.252 e. The molecule has 0 unspecified atom stereocenters. The summed E-state index contributed by atoms with van der Waals surface area (Å²) in [4.78, 5) is 18.8. The number of sulfone groups is 1. The van der Waals surface area contributed by atoms with Crippen molar-refractivity contribution in [1.29, 1.82) is 0 Å². The van der Waals surface area contributed by atoms with Crippen molar-refractivity contribution in [2.45, 2.75) is 29.7 Å². The number of hydrogen-bond donors (Lipinski definition) is 0. The molecule has 0 saturated heterocycles. The Morgan fingerprint density at radius 2 is 1.89 bits per heavy atom. The number of aryl methyl sites for hydroxylation is 1. The van der Waals surface area contributed by atoms with Gasteiger partial charge in [0.25, 0.3) is 5.91 Å². The number of benzene rings is 2. The van der Waals surface area contributed by atoms with Crippen LogP contribution in [-0.4, -0.2) is 31.4 Å². The van der Waals surface area contributed by atoms with E-state index in [0.717, 1.165) is 28.6 Å². The van der Waals surface area contributed by atoms with E-state index < -0.39 is 9.84 Å². The molecule has 1 amide bonds. The Hall–Kier alpha value is -1.90. The van der Waals surface area contributed by atoms with E-state index in [-0.39, 0.29) is 17.2 Å². The second kappa shape index (κ2) is 8.00. The lowest BCUT2D eigenvalue weighted by Gasteiger charge is -2.02. The smallest absolute Gasteiger partial charge is 0.252 e. The van der Waals surface area contributed by atoms with Crippen LogP contribution < -0.4 is 4.80 Å². The summed E-state index contributed by atoms with van der Waals surface area (Å²) < 4.78 is 26.2. The zero-order chi connectivity index (χ0) is 19.6. The van der Waals surface area contributed by atoms with Crippen LogP contribution in [0.3, 0.4) is 0 Å². The van der Waals surface area contributed by atoms with Crippen LogP contribution in [-0.2, 0) is 27.6 Å². The van der Waals surface area contributed by atoms with Gasteiger partial charge in [0.1, 0.15) is 0 Å². The normalized spacial score (nSPS) is 12.6. The van der Waals surface area contributed by atoms with Crippen molar-refractivity contribution in [2.75, 3.05) is 12.5 Å². The predicted octanol–water partition coefficient (Wildman–Crippen LogP) is 3.52. The molecule has 0 N–H and O–H groups in total. The SMILES string of the molecule is CCn1c(=NC(=O)Cc2ccc(S(C)(=O)=O)cc2)sc2cc(SC)ccc21. The molecule has 142 valence electrons. The van der Waals surface area contributed by atoms with Gasteiger partial charge >= 0.3 is 0 Å². The lowest BCUT2D eigenvalue weighted by molar-refractivity contribution is -0.117. The molecule has 0 fully saturated rings. The Kier molecular flexibility index (Phi) is 5.88. The Balaban J connectivity index is 1.90. The molecular weight excluding hydrogens is 400 g/mol. The zero-order valence-corrected chi connectivity index (χ0v) is 17.7. The highest BCUT2D eigenvalue weighted by Gasteiger charge is 2.10. The van der Waals surface area contributed by atoms with E-state index in [2.05, 4.69) is 23.2 Å². The standard InChI is InChI=1S/C19H20N2O3S3/c1-4-21-16-10-7-14(25-2)12-17(16)26-19(21)20-18(22)11-13-5-8-15(9-6-13)27(3,23)24/h5-10,12H,4,11H2,1-3H3. The second-order valence-corrected chi connectivity index (χ2v) is 9.97. The molecule has 0 spiro atoms. The molecule has 1 heterocycles. The molecule has 0 aliphatic heterocycles. The third-order valence-corrected chi connectivity index (χ3v) is 7.03. The molecule has 0 bridgehead atoms. The molecule has 5 nitrogen and oxygen atoms in total. The van der Waals surface area contributed by atoms with Crippen LogP contribution in [0.25, 0.3) is 10.2 Å². The fourth-order valence-electron chi connectivity index (χ4n) is 2.75. The number of thiazole rings is 1. The first-order valence-corrected chi connectivity index (χ1v) is 12.3. The minimum atomic E-state index is -3.24. The number of nitrogens with zero attached hydrogens (tertiary/aromatic N) is 2. The molecule has 0 saturated carbocycles. The van der Waals surface area contributed by atoms with Crippen molar-refractivity contribution in [3.63, 3.8) is 0 Å². The van der Waals surface area contributed by atoms with Gasteiger partial charge in [-0.25, -0.2) is 8.42 Å². The van der Waals surface area contributed by atoms with Crippen molar-refractivity contribution in [2.24, 2.45) is 4.99 Å². The minimum absolute atomic E-state index is 0.137. The summed E-state index contributed by atoms with van der Waals surface area (Å²) in [5.41, 5.74) is 1.81. The summed E-state index contributed by atoms with van der Waals surface area (Å²) in [7, 11) is -3.24. The first kappa shape index (κ1) is 19.9. The summed E-state index contributed by atoms with van der Waals surface area (Å²) in [6.07, 6.45) is 3.33. The molecular formula is C19H20N2O3S3. The zero-order valence-electron chi connectivity index (χ0n) is 15.3. The van der Waals surface area contributed by atoms with Gasteiger partial charge in [-0.3, -0.25) is 4.79 Å². The first-order chi connectivity index (χ1) is 12.8. The second-order valence-electron chi connectivity index (χ2n) is 6.06. The maximum absolute atomic E-state index is 12.4. The lowest BCUT2D eigenvalue weighted by atomic mass is 10.1. The highest BCUT2D eigenvalue weighted by atomic mass is 32.2. The molecule has 3 rings (SSSR count). The van der Waals surface area contributed by atoms with E-state index in [9.17, 15) is 13.2 Å². The topological polar surface area (TPSA) is 68.5 Å². The number of thioether (sulfide) groups is 1. The van der Waals surface area contributed by atoms with E-state index in [1.54, 1.807) is 23.9 Å². The van der Waals surface area contributed by atoms with Crippen LogP contribution >= 0.6 is 23.1 Å². The van der Waals surface area contributed by atoms with Crippen molar-refractivity contribution < 1.29 is 13.2 Å². The predicted molar refractivity (Wildman–Crippen MR) is 111 cm³/mol. The Morgan fingerprint density at radius 1 is 1.19 bits per heavy atom. The molecule has 0 atom stereocenters. The van der Waals surface area contributed by atoms with Crippen molar-refractivity contribution in [3.05, 3.63) is 52.8 Å². The van der Waals surface area contributed by atoms with Crippen LogP contribution in [0.5, 0.6) is 0 Å². The number of amides is 1. The largest absolute Gasteiger partial charge is 0.317 e. The third kappa shape index (κ3) is 4.51. The van der Waals surface area contributed by atoms with Gasteiger partial charge in [-0.15, -0.1) is 11.8 Å². The molecule has 8 heteroatoms. The summed E-state index contributed by atoms with van der Waals surface area (Å²) >= 11 is 3.19. The van der Waals surface area contributed by atoms with Gasteiger partial charge in [0.2, 0.25) is 0 Å². The Morgan fingerprint density at radius 3 is 2.48 bits per heavy atom. The van der Waals surface area contributed by atoms with E-state index >= 15 is 0 Å². The maximum atomic E-state index is 12.4. The van der Waals surface area contributed by atoms with Crippen molar-refractivity contribution in [3.8, 4) is 0 Å². The lowest BCUT2D eigenvalue weighted by Crippen LogP contribution is -2.16. The number of fused-ring (bicyclic) bond motifs is 1. The molecule has 1 aromatic heterocycles. The summed E-state index contributed by atoms with van der Waals surface area (Å²) in [6.45, 7) is 2.76. The number of aromatic nitrogens is 1. The average molecular weight is 421 g/mol. The Bertz CT molecular complexity index is 1160. The Labute approximate surface area is 166 Å². The molecule has 0 aliphatic carbocycles. The minimum Gasteiger partial charge on any atom is -0.317 e. The average Bonchev–Trinajstić information content (AvgIpc) is 2.97. The van der Waals surface area contributed by atoms with Gasteiger partial charge in [-0.2, -0.15) is 4.99 Å². The van der Waals surface area contributed by atoms with Crippen LogP contribution in [0.1, 0.15) is 12.5 Å². The van der Waals surface area contributed by atoms with Crippen LogP contribution in [0, 0.1) is 0 Å². The fourth-order valence-corrected chi connectivity index (χ4v) is 5.04. The number of carbonyl (C=O) groups is 1. The monoisotopic (exact) mass is 420 g/mol. The van der Waals surface area contributed by atoms with Gasteiger partial charge in [0, 0.05) is 17.7 Å². The summed E-state index contributed by atoms with van der Waals surface area (Å²) in [6, 6.07) is 12.6. The van der Waals surface area contributed by atoms with Gasteiger partial charge in [0.05, 0.1) is 21.5 Å². The third-order valence-electron chi connectivity index (χ3n) is 4.13. The molecule has 0 radical (unpaired) electrons. The summed E-state index contributed by atoms with van der Waals surface area (Å²) in [5.74, 6) is -0.249. The first-order valence-electron chi connectivity index (χ1n) is 8.35. The number of hydrogen-bond acceptors (Lipinski definition) is 5. The molecule has 2 aromatic carbocycles. The number of carbonyl (C=O) groups excluding carboxylic acids is 1. The van der Waals surface area contributed by atoms with E-state index in [0.29, 0.717) is 4.80 Å². The molecule has 27 heavy (non-hydrogen) atoms. The van der Waals surface area contributed by atoms with Gasteiger partial charge in [-0.05, 0) is 49.1 Å². The quantitative estimate of drug-likeness (QED) is 0.592. The molecule has 0 aliphatic rings. The van der Waals surface area contributed by atoms with Crippen LogP contribution in [0.2, 0.25) is 0 Å². The summed E-state index contributed by atoms with van der Waals surface area (Å²) in [5, 5.41) is 0. The number of rotatable bonds is 5. The van der Waals surface area contributed by atoms with Crippen LogP contribution in [0.4, 0.5) is 0 Å². The van der Waals surface area contributed by atoms with Crippen molar-refractivity contribution in [1.82, 2.24) is 4.57 Å². The van der Waals surface area contributed by atoms with Crippen LogP contribution in [0.15, 0.2) is 57.2 Å². The fraction of sp³-hybridized carbons (Fsp3) is 0.263. The highest BCUT2D eigenvalue weighted by Crippen LogP contribution is 2.24. The van der Waals surface area contributed by atoms with Crippen molar-refractivity contribution >= 4 is 49.1 Å².